The first-order valence-corrected chi connectivity index (χ1v) is 5.86. The largest absolute Gasteiger partial charge is 0.397 e. The van der Waals surface area contributed by atoms with Gasteiger partial charge in [0.25, 0.3) is 5.69 Å². The molecule has 0 aliphatic carbocycles. The second kappa shape index (κ2) is 5.68. The van der Waals surface area contributed by atoms with Gasteiger partial charge in [0.15, 0.2) is 0 Å². The van der Waals surface area contributed by atoms with Crippen molar-refractivity contribution in [2.75, 3.05) is 17.6 Å². The second-order valence-corrected chi connectivity index (χ2v) is 4.63. The Morgan fingerprint density at radius 3 is 2.72 bits per heavy atom. The predicted molar refractivity (Wildman–Crippen MR) is 71.5 cm³/mol. The lowest BCUT2D eigenvalue weighted by atomic mass is 10.0. The zero-order valence-corrected chi connectivity index (χ0v) is 10.6. The monoisotopic (exact) mass is 253 g/mol. The summed E-state index contributed by atoms with van der Waals surface area (Å²) in [6.07, 6.45) is 1.55. The molecule has 6 heteroatoms. The van der Waals surface area contributed by atoms with E-state index in [1.165, 1.54) is 12.1 Å². The summed E-state index contributed by atoms with van der Waals surface area (Å²) in [6.45, 7) is 4.09. The molecule has 1 aromatic carbocycles. The second-order valence-electron chi connectivity index (χ2n) is 4.63. The molecule has 6 nitrogen and oxygen atoms in total. The summed E-state index contributed by atoms with van der Waals surface area (Å²) in [5, 5.41) is 23.6. The van der Waals surface area contributed by atoms with E-state index in [2.05, 4.69) is 5.32 Å². The number of non-ortho nitro benzene ring substituents is 1. The van der Waals surface area contributed by atoms with Crippen LogP contribution in [0.5, 0.6) is 0 Å². The lowest BCUT2D eigenvalue weighted by Crippen LogP contribution is -2.33. The summed E-state index contributed by atoms with van der Waals surface area (Å²) in [4.78, 5) is 10.1. The number of nitro groups is 1. The molecule has 0 amide bonds. The highest BCUT2D eigenvalue weighted by molar-refractivity contribution is 5.69. The molecule has 100 valence electrons. The number of nitrogens with one attached hydrogen (secondary N) is 1. The van der Waals surface area contributed by atoms with Gasteiger partial charge in [-0.1, -0.05) is 13.3 Å². The first-order valence-electron chi connectivity index (χ1n) is 5.86. The Kier molecular flexibility index (Phi) is 4.49. The number of rotatable bonds is 6. The molecule has 1 unspecified atom stereocenters. The average molecular weight is 253 g/mol. The molecule has 0 aliphatic rings. The number of nitrogen functional groups attached to an aromatic ring is 1. The molecule has 0 radical (unpaired) electrons. The maximum atomic E-state index is 10.6. The summed E-state index contributed by atoms with van der Waals surface area (Å²) < 4.78 is 0. The highest BCUT2D eigenvalue weighted by Gasteiger charge is 2.19. The van der Waals surface area contributed by atoms with Crippen LogP contribution < -0.4 is 11.1 Å². The van der Waals surface area contributed by atoms with Gasteiger partial charge < -0.3 is 16.2 Å². The van der Waals surface area contributed by atoms with Crippen LogP contribution in [-0.2, 0) is 0 Å². The van der Waals surface area contributed by atoms with E-state index in [1.54, 1.807) is 13.0 Å². The van der Waals surface area contributed by atoms with Gasteiger partial charge in [-0.3, -0.25) is 10.1 Å². The lowest BCUT2D eigenvalue weighted by molar-refractivity contribution is -0.384. The van der Waals surface area contributed by atoms with Gasteiger partial charge in [0.2, 0.25) is 0 Å². The van der Waals surface area contributed by atoms with Gasteiger partial charge in [-0.15, -0.1) is 0 Å². The number of nitrogens with two attached hydrogens (primary N) is 1. The van der Waals surface area contributed by atoms with Crippen LogP contribution in [0.1, 0.15) is 26.7 Å². The van der Waals surface area contributed by atoms with Gasteiger partial charge >= 0.3 is 0 Å². The fraction of sp³-hybridized carbons (Fsp3) is 0.500. The van der Waals surface area contributed by atoms with Crippen LogP contribution in [0.25, 0.3) is 0 Å². The molecular formula is C12H19N3O3. The number of anilines is 2. The summed E-state index contributed by atoms with van der Waals surface area (Å²) in [5.74, 6) is 0. The van der Waals surface area contributed by atoms with E-state index in [9.17, 15) is 15.2 Å². The standard InChI is InChI=1S/C12H19N3O3/c1-3-6-12(2,16)8-14-11-5-4-9(15(17)18)7-10(11)13/h4-5,7,14,16H,3,6,8,13H2,1-2H3. The van der Waals surface area contributed by atoms with E-state index >= 15 is 0 Å². The fourth-order valence-electron chi connectivity index (χ4n) is 1.74. The molecule has 1 rings (SSSR count). The van der Waals surface area contributed by atoms with E-state index in [-0.39, 0.29) is 5.69 Å². The van der Waals surface area contributed by atoms with E-state index < -0.39 is 10.5 Å². The van der Waals surface area contributed by atoms with Crippen molar-refractivity contribution in [2.45, 2.75) is 32.3 Å². The lowest BCUT2D eigenvalue weighted by Gasteiger charge is -2.24. The molecule has 0 fully saturated rings. The molecule has 0 spiro atoms. The summed E-state index contributed by atoms with van der Waals surface area (Å²) >= 11 is 0. The molecule has 18 heavy (non-hydrogen) atoms. The van der Waals surface area contributed by atoms with E-state index in [4.69, 9.17) is 5.73 Å². The molecule has 0 bridgehead atoms. The van der Waals surface area contributed by atoms with Gasteiger partial charge in [-0.2, -0.15) is 0 Å². The van der Waals surface area contributed by atoms with Crippen LogP contribution in [0.15, 0.2) is 18.2 Å². The smallest absolute Gasteiger partial charge is 0.271 e. The minimum atomic E-state index is -0.817. The number of hydrogen-bond donors (Lipinski definition) is 3. The highest BCUT2D eigenvalue weighted by atomic mass is 16.6. The molecule has 0 aliphatic heterocycles. The summed E-state index contributed by atoms with van der Waals surface area (Å²) in [6, 6.07) is 4.24. The third-order valence-corrected chi connectivity index (χ3v) is 2.69. The Balaban J connectivity index is 2.71. The van der Waals surface area contributed by atoms with Crippen molar-refractivity contribution < 1.29 is 10.0 Å². The molecular weight excluding hydrogens is 234 g/mol. The molecule has 0 saturated carbocycles. The minimum absolute atomic E-state index is 0.0432. The van der Waals surface area contributed by atoms with Crippen LogP contribution in [0.3, 0.4) is 0 Å². The third-order valence-electron chi connectivity index (χ3n) is 2.69. The number of aliphatic hydroxyl groups is 1. The van der Waals surface area contributed by atoms with Gasteiger partial charge in [0, 0.05) is 18.7 Å². The van der Waals surface area contributed by atoms with Crippen molar-refractivity contribution >= 4 is 17.1 Å². The first kappa shape index (κ1) is 14.2. The Hall–Kier alpha value is -1.82. The van der Waals surface area contributed by atoms with Crippen molar-refractivity contribution in [2.24, 2.45) is 0 Å². The third kappa shape index (κ3) is 3.89. The topological polar surface area (TPSA) is 101 Å². The normalized spacial score (nSPS) is 13.9. The summed E-state index contributed by atoms with van der Waals surface area (Å²) in [7, 11) is 0. The zero-order valence-electron chi connectivity index (χ0n) is 10.6. The molecule has 4 N–H and O–H groups in total. The Morgan fingerprint density at radius 2 is 2.22 bits per heavy atom. The number of benzene rings is 1. The maximum Gasteiger partial charge on any atom is 0.271 e. The van der Waals surface area contributed by atoms with Crippen LogP contribution >= 0.6 is 0 Å². The van der Waals surface area contributed by atoms with Crippen molar-refractivity contribution in [3.63, 3.8) is 0 Å². The predicted octanol–water partition coefficient (Wildman–Crippen LogP) is 2.14. The van der Waals surface area contributed by atoms with E-state index in [0.29, 0.717) is 24.3 Å². The molecule has 1 aromatic rings. The summed E-state index contributed by atoms with van der Waals surface area (Å²) in [5.41, 5.74) is 5.75. The minimum Gasteiger partial charge on any atom is -0.397 e. The van der Waals surface area contributed by atoms with Crippen LogP contribution in [0.4, 0.5) is 17.1 Å². The quantitative estimate of drug-likeness (QED) is 0.409. The number of nitrogens with zero attached hydrogens (tertiary/aromatic N) is 1. The fourth-order valence-corrected chi connectivity index (χ4v) is 1.74. The molecule has 0 saturated heterocycles. The van der Waals surface area contributed by atoms with E-state index in [1.807, 2.05) is 6.92 Å². The van der Waals surface area contributed by atoms with Crippen molar-refractivity contribution in [3.8, 4) is 0 Å². The van der Waals surface area contributed by atoms with Crippen molar-refractivity contribution in [1.29, 1.82) is 0 Å². The Bertz CT molecular complexity index is 433. The molecule has 1 atom stereocenters. The zero-order chi connectivity index (χ0) is 13.8. The first-order chi connectivity index (χ1) is 8.35. The molecule has 0 aromatic heterocycles. The SMILES string of the molecule is CCCC(C)(O)CNc1ccc([N+](=O)[O-])cc1N. The average Bonchev–Trinajstić information content (AvgIpc) is 2.27. The van der Waals surface area contributed by atoms with Gasteiger partial charge in [-0.25, -0.2) is 0 Å². The van der Waals surface area contributed by atoms with E-state index in [0.717, 1.165) is 6.42 Å². The maximum absolute atomic E-state index is 10.6. The molecule has 0 heterocycles. The van der Waals surface area contributed by atoms with Crippen LogP contribution in [0.2, 0.25) is 0 Å². The van der Waals surface area contributed by atoms with Crippen LogP contribution in [-0.4, -0.2) is 22.2 Å². The highest BCUT2D eigenvalue weighted by Crippen LogP contribution is 2.25. The van der Waals surface area contributed by atoms with Gasteiger partial charge in [0.05, 0.1) is 21.9 Å². The van der Waals surface area contributed by atoms with Crippen molar-refractivity contribution in [1.82, 2.24) is 0 Å². The Morgan fingerprint density at radius 1 is 1.56 bits per heavy atom. The van der Waals surface area contributed by atoms with Crippen LogP contribution in [0, 0.1) is 10.1 Å². The van der Waals surface area contributed by atoms with Crippen molar-refractivity contribution in [3.05, 3.63) is 28.3 Å². The van der Waals surface area contributed by atoms with Gasteiger partial charge in [-0.05, 0) is 19.4 Å². The number of hydrogen-bond acceptors (Lipinski definition) is 5. The van der Waals surface area contributed by atoms with Gasteiger partial charge in [0.1, 0.15) is 0 Å². The number of nitro benzene ring substituents is 1. The Labute approximate surface area is 106 Å².